The van der Waals surface area contributed by atoms with Crippen molar-refractivity contribution in [1.82, 2.24) is 19.7 Å². The maximum Gasteiger partial charge on any atom is 0.341 e. The number of nitrogens with one attached hydrogen (secondary N) is 1. The standard InChI is InChI=1S/C61H71ClFN5O15/c1-28-11-10-12-29(2)58(77)64-45-48(65-20-22-67(23-21-65)61(17-18-61)35-15-19-66(26-35)47-39(63)25-37-46(44(47)62)68(36-13-14-36)27-38(52(37)73)59(78)79)54(75)41-42(53(45)74)51(72)33(6)56-43(41)57(76)60(8,83-56)81-24-16-40(80-9)30(3)55(82-34(7)69)32(5)50(71)31(4)49(28)70/h10-12,16,24-25,27-28,30-32,35-36,40,49-50,55,70-72H,13-15,17-23,26H2,1-9H3,(H,64,77)(H,78,79)/b11-10+,24-16+,29-12-/t28-,30+,31+,32+,35?,40-,49-,50+,55+,60-/m0/s1. The summed E-state index contributed by atoms with van der Waals surface area (Å²) in [5.74, 6) is -11.8. The summed E-state index contributed by atoms with van der Waals surface area (Å²) >= 11 is 7.06. The Labute approximate surface area is 484 Å². The number of benzene rings is 2. The lowest BCUT2D eigenvalue weighted by Crippen LogP contribution is -2.55. The number of hydrogen-bond acceptors (Lipinski definition) is 17. The number of Topliss-reactive ketones (excluding diaryl/α,β-unsaturated/α-hetero) is 3. The van der Waals surface area contributed by atoms with Gasteiger partial charge in [0, 0.05) is 113 Å². The first-order valence-corrected chi connectivity index (χ1v) is 28.7. The Kier molecular flexibility index (Phi) is 15.9. The van der Waals surface area contributed by atoms with Gasteiger partial charge in [0.25, 0.3) is 11.7 Å². The lowest BCUT2D eigenvalue weighted by atomic mass is 9.78. The van der Waals surface area contributed by atoms with Gasteiger partial charge in [-0.15, -0.1) is 0 Å². The van der Waals surface area contributed by atoms with Crippen LogP contribution in [0.5, 0.6) is 11.5 Å². The number of halogens is 2. The van der Waals surface area contributed by atoms with E-state index < -0.39 is 128 Å². The molecule has 10 atom stereocenters. The number of esters is 1. The second-order valence-electron chi connectivity index (χ2n) is 23.8. The van der Waals surface area contributed by atoms with E-state index in [4.69, 9.17) is 30.5 Å². The number of rotatable bonds is 8. The van der Waals surface area contributed by atoms with E-state index in [1.807, 2.05) is 4.90 Å². The molecule has 5 bridgehead atoms. The van der Waals surface area contributed by atoms with Crippen LogP contribution in [0.25, 0.3) is 10.9 Å². The highest BCUT2D eigenvalue weighted by atomic mass is 35.5. The average Bonchev–Trinajstić information content (AvgIpc) is 2.71. The molecule has 3 aromatic rings. The minimum absolute atomic E-state index is 0.0385. The summed E-state index contributed by atoms with van der Waals surface area (Å²) in [5.41, 5.74) is -2.88. The molecule has 8 aliphatic rings. The molecule has 5 aliphatic heterocycles. The number of methoxy groups -OCH3 is 1. The highest BCUT2D eigenvalue weighted by Crippen LogP contribution is 2.54. The molecule has 20 nitrogen and oxygen atoms in total. The summed E-state index contributed by atoms with van der Waals surface area (Å²) in [5, 5.41) is 47.6. The van der Waals surface area contributed by atoms with Crippen LogP contribution < -0.4 is 20.4 Å². The second-order valence-corrected chi connectivity index (χ2v) is 24.1. The molecular formula is C61H71ClFN5O15. The number of phenols is 1. The molecule has 0 radical (unpaired) electrons. The number of aromatic nitrogens is 1. The number of ether oxygens (including phenoxy) is 4. The molecular weight excluding hydrogens is 1100 g/mol. The van der Waals surface area contributed by atoms with Crippen molar-refractivity contribution in [2.75, 3.05) is 51.3 Å². The number of nitrogens with zero attached hydrogens (tertiary/aromatic N) is 4. The lowest BCUT2D eigenvalue weighted by molar-refractivity contribution is -0.160. The molecule has 6 heterocycles. The largest absolute Gasteiger partial charge is 0.507 e. The van der Waals surface area contributed by atoms with Crippen molar-refractivity contribution in [3.63, 3.8) is 0 Å². The average molecular weight is 1170 g/mol. The Bertz CT molecular complexity index is 3450. The van der Waals surface area contributed by atoms with Crippen LogP contribution >= 0.6 is 11.6 Å². The van der Waals surface area contributed by atoms with Gasteiger partial charge >= 0.3 is 17.7 Å². The van der Waals surface area contributed by atoms with Gasteiger partial charge in [-0.1, -0.05) is 57.5 Å². The number of phenolic OH excluding ortho intramolecular Hbond substituents is 1. The maximum absolute atomic E-state index is 16.3. The zero-order valence-electron chi connectivity index (χ0n) is 47.9. The SMILES string of the molecule is CO[C@H]1/C=C/O[C@@]2(C)Oc3c(C)c(O)c4c(c3C2=O)C(=O)C(N2CCN(C3(C5CCN(c6c(F)cc7c(=O)c(C(=O)O)cn(C8CC8)c7c6Cl)C5)CC3)CC2)=C(NC(=O)/C(C)=C\C=C\[C@H](C)[C@H](O)[C@@H](C)[C@@H](O)[C@@H](C)[C@H](OC(C)=O)[C@@H]1C)C4=O. The number of aromatic carboxylic acids is 1. The van der Waals surface area contributed by atoms with E-state index in [2.05, 4.69) is 10.2 Å². The first-order valence-electron chi connectivity index (χ1n) is 28.4. The molecule has 3 aliphatic carbocycles. The fourth-order valence-electron chi connectivity index (χ4n) is 13.4. The number of piperazine rings is 1. The van der Waals surface area contributed by atoms with Crippen molar-refractivity contribution in [3.8, 4) is 11.5 Å². The molecule has 4 fully saturated rings. The summed E-state index contributed by atoms with van der Waals surface area (Å²) in [4.78, 5) is 104. The van der Waals surface area contributed by atoms with Gasteiger partial charge in [0.15, 0.2) is 0 Å². The number of aromatic hydroxyl groups is 1. The summed E-state index contributed by atoms with van der Waals surface area (Å²) < 4.78 is 41.9. The van der Waals surface area contributed by atoms with Gasteiger partial charge < -0.3 is 59.1 Å². The van der Waals surface area contributed by atoms with Gasteiger partial charge in [0.1, 0.15) is 40.4 Å². The lowest BCUT2D eigenvalue weighted by Gasteiger charge is -2.44. The Morgan fingerprint density at radius 2 is 1.57 bits per heavy atom. The number of pyridine rings is 1. The van der Waals surface area contributed by atoms with E-state index in [9.17, 15) is 44.4 Å². The van der Waals surface area contributed by atoms with Crippen LogP contribution in [0.15, 0.2) is 64.6 Å². The number of amides is 1. The second kappa shape index (κ2) is 22.3. The topological polar surface area (TPSA) is 264 Å². The minimum atomic E-state index is -2.16. The van der Waals surface area contributed by atoms with Crippen LogP contribution in [0.2, 0.25) is 5.02 Å². The van der Waals surface area contributed by atoms with Crippen molar-refractivity contribution < 1.29 is 72.5 Å². The van der Waals surface area contributed by atoms with E-state index in [1.165, 1.54) is 59.4 Å². The van der Waals surface area contributed by atoms with Gasteiger partial charge in [-0.2, -0.15) is 0 Å². The number of ketones is 3. The molecule has 2 aromatic carbocycles. The number of carbonyl (C=O) groups excluding carboxylic acids is 5. The smallest absolute Gasteiger partial charge is 0.341 e. The molecule has 2 saturated heterocycles. The normalized spacial score (nSPS) is 31.1. The van der Waals surface area contributed by atoms with E-state index in [1.54, 1.807) is 49.3 Å². The molecule has 1 aromatic heterocycles. The van der Waals surface area contributed by atoms with Crippen LogP contribution in [-0.2, 0) is 23.8 Å². The third kappa shape index (κ3) is 10.2. The first-order chi connectivity index (χ1) is 39.3. The van der Waals surface area contributed by atoms with Crippen molar-refractivity contribution in [2.24, 2.45) is 29.6 Å². The molecule has 83 heavy (non-hydrogen) atoms. The number of hydrogen-bond donors (Lipinski definition) is 5. The van der Waals surface area contributed by atoms with E-state index in [0.717, 1.165) is 31.7 Å². The molecule has 22 heteroatoms. The van der Waals surface area contributed by atoms with Crippen LogP contribution in [-0.4, -0.2) is 152 Å². The minimum Gasteiger partial charge on any atom is -0.507 e. The number of carboxylic acid groups (broad SMARTS) is 1. The number of aliphatic hydroxyl groups excluding tert-OH is 2. The summed E-state index contributed by atoms with van der Waals surface area (Å²) in [6.07, 6.45) is 8.36. The fraction of sp³-hybridized carbons (Fsp3) is 0.525. The highest BCUT2D eigenvalue weighted by Gasteiger charge is 2.57. The number of fused-ring (bicyclic) bond motifs is 15. The Hall–Kier alpha value is -6.91. The quantitative estimate of drug-likeness (QED) is 0.146. The summed E-state index contributed by atoms with van der Waals surface area (Å²) in [6.45, 7) is 14.4. The number of carbonyl (C=O) groups is 6. The van der Waals surface area contributed by atoms with E-state index in [0.29, 0.717) is 38.1 Å². The van der Waals surface area contributed by atoms with Crippen LogP contribution in [0, 0.1) is 42.3 Å². The van der Waals surface area contributed by atoms with E-state index >= 15 is 14.0 Å². The first kappa shape index (κ1) is 59.3. The fourth-order valence-corrected chi connectivity index (χ4v) is 13.8. The molecule has 444 valence electrons. The maximum atomic E-state index is 16.3. The Balaban J connectivity index is 0.968. The van der Waals surface area contributed by atoms with Gasteiger partial charge in [-0.25, -0.2) is 9.18 Å². The van der Waals surface area contributed by atoms with Crippen molar-refractivity contribution in [1.29, 1.82) is 0 Å². The van der Waals surface area contributed by atoms with E-state index in [-0.39, 0.29) is 74.8 Å². The van der Waals surface area contributed by atoms with Crippen LogP contribution in [0.1, 0.15) is 134 Å². The molecule has 1 unspecified atom stereocenters. The van der Waals surface area contributed by atoms with Crippen molar-refractivity contribution >= 4 is 63.4 Å². The van der Waals surface area contributed by atoms with Gasteiger partial charge in [-0.3, -0.25) is 33.7 Å². The third-order valence-corrected chi connectivity index (χ3v) is 18.9. The highest BCUT2D eigenvalue weighted by molar-refractivity contribution is 6.38. The Morgan fingerprint density at radius 1 is 0.880 bits per heavy atom. The predicted octanol–water partition coefficient (Wildman–Crippen LogP) is 6.78. The van der Waals surface area contributed by atoms with Gasteiger partial charge in [-0.05, 0) is 64.0 Å². The van der Waals surface area contributed by atoms with Gasteiger partial charge in [0.05, 0.1) is 62.9 Å². The third-order valence-electron chi connectivity index (χ3n) is 18.5. The predicted molar refractivity (Wildman–Crippen MR) is 302 cm³/mol. The number of aliphatic hydroxyl groups is 2. The number of carboxylic acids is 1. The molecule has 5 N–H and O–H groups in total. The zero-order valence-corrected chi connectivity index (χ0v) is 48.7. The zero-order chi connectivity index (χ0) is 60.0. The number of anilines is 1. The van der Waals surface area contributed by atoms with Crippen molar-refractivity contribution in [2.45, 2.75) is 129 Å². The van der Waals surface area contributed by atoms with Crippen LogP contribution in [0.3, 0.4) is 0 Å². The molecule has 11 rings (SSSR count). The van der Waals surface area contributed by atoms with Gasteiger partial charge in [0.2, 0.25) is 17.0 Å². The number of allylic oxidation sites excluding steroid dienone is 4. The molecule has 0 spiro atoms. The van der Waals surface area contributed by atoms with Crippen molar-refractivity contribution in [3.05, 3.63) is 109 Å². The summed E-state index contributed by atoms with van der Waals surface area (Å²) in [6, 6.07) is 1.02. The Morgan fingerprint density at radius 3 is 2.19 bits per heavy atom. The molecule has 1 amide bonds. The monoisotopic (exact) mass is 1170 g/mol. The van der Waals surface area contributed by atoms with Crippen LogP contribution in [0.4, 0.5) is 10.1 Å². The molecule has 2 saturated carbocycles. The summed E-state index contributed by atoms with van der Waals surface area (Å²) in [7, 11) is 1.42.